The topological polar surface area (TPSA) is 32.3 Å². The fourth-order valence-corrected chi connectivity index (χ4v) is 4.26. The molecule has 0 aromatic heterocycles. The molecular weight excluding hydrogens is 232 g/mol. The lowest BCUT2D eigenvalue weighted by Crippen LogP contribution is -2.63. The van der Waals surface area contributed by atoms with E-state index in [9.17, 15) is 4.21 Å². The Kier molecular flexibility index (Phi) is 4.61. The van der Waals surface area contributed by atoms with E-state index in [2.05, 4.69) is 17.1 Å². The zero-order valence-corrected chi connectivity index (χ0v) is 12.0. The highest BCUT2D eigenvalue weighted by molar-refractivity contribution is 7.84. The minimum Gasteiger partial charge on any atom is -0.309 e. The van der Waals surface area contributed by atoms with E-state index in [0.717, 1.165) is 25.4 Å². The van der Waals surface area contributed by atoms with Crippen LogP contribution >= 0.6 is 0 Å². The van der Waals surface area contributed by atoms with E-state index < -0.39 is 10.8 Å². The summed E-state index contributed by atoms with van der Waals surface area (Å²) in [5.41, 5.74) is 0.375. The molecule has 0 bridgehead atoms. The third kappa shape index (κ3) is 3.52. The zero-order chi connectivity index (χ0) is 12.3. The van der Waals surface area contributed by atoms with Crippen LogP contribution in [0.5, 0.6) is 0 Å². The van der Waals surface area contributed by atoms with Crippen LogP contribution in [0, 0.1) is 0 Å². The lowest BCUT2D eigenvalue weighted by atomic mass is 9.80. The van der Waals surface area contributed by atoms with Crippen LogP contribution < -0.4 is 5.32 Å². The van der Waals surface area contributed by atoms with Crippen molar-refractivity contribution < 1.29 is 4.21 Å². The molecule has 1 N–H and O–H groups in total. The van der Waals surface area contributed by atoms with E-state index >= 15 is 0 Å². The monoisotopic (exact) mass is 258 g/mol. The van der Waals surface area contributed by atoms with Crippen molar-refractivity contribution in [3.8, 4) is 0 Å². The van der Waals surface area contributed by atoms with Crippen LogP contribution in [-0.4, -0.2) is 52.3 Å². The first-order valence-corrected chi connectivity index (χ1v) is 8.63. The van der Waals surface area contributed by atoms with Gasteiger partial charge in [-0.3, -0.25) is 9.11 Å². The van der Waals surface area contributed by atoms with Crippen molar-refractivity contribution in [2.45, 2.75) is 50.6 Å². The van der Waals surface area contributed by atoms with Gasteiger partial charge in [-0.15, -0.1) is 0 Å². The molecule has 1 saturated carbocycles. The molecular formula is C13H26N2OS. The fraction of sp³-hybridized carbons (Fsp3) is 1.00. The molecule has 1 spiro atoms. The Balaban J connectivity index is 1.93. The highest BCUT2D eigenvalue weighted by atomic mass is 32.2. The van der Waals surface area contributed by atoms with Crippen molar-refractivity contribution in [1.82, 2.24) is 10.2 Å². The van der Waals surface area contributed by atoms with Crippen LogP contribution in [-0.2, 0) is 10.8 Å². The number of nitrogens with zero attached hydrogens (tertiary/aromatic N) is 1. The van der Waals surface area contributed by atoms with Gasteiger partial charge in [0, 0.05) is 54.0 Å². The van der Waals surface area contributed by atoms with E-state index in [1.807, 2.05) is 6.26 Å². The van der Waals surface area contributed by atoms with Crippen LogP contribution in [0.3, 0.4) is 0 Å². The predicted octanol–water partition coefficient (Wildman–Crippen LogP) is 1.36. The molecule has 100 valence electrons. The van der Waals surface area contributed by atoms with Crippen molar-refractivity contribution in [1.29, 1.82) is 0 Å². The minimum absolute atomic E-state index is 0.375. The quantitative estimate of drug-likeness (QED) is 0.829. The van der Waals surface area contributed by atoms with Gasteiger partial charge in [-0.1, -0.05) is 19.3 Å². The SMILES string of the molecule is CC(CS(C)=O)N1CCNC2(CCCCC2)C1. The molecule has 1 aliphatic carbocycles. The molecule has 0 amide bonds. The Morgan fingerprint density at radius 2 is 2.06 bits per heavy atom. The van der Waals surface area contributed by atoms with E-state index in [-0.39, 0.29) is 0 Å². The van der Waals surface area contributed by atoms with Crippen molar-refractivity contribution in [3.05, 3.63) is 0 Å². The van der Waals surface area contributed by atoms with Gasteiger partial charge < -0.3 is 5.32 Å². The van der Waals surface area contributed by atoms with Crippen LogP contribution in [0.1, 0.15) is 39.0 Å². The van der Waals surface area contributed by atoms with Crippen LogP contribution in [0.2, 0.25) is 0 Å². The Labute approximate surface area is 108 Å². The summed E-state index contributed by atoms with van der Waals surface area (Å²) in [6.45, 7) is 5.59. The second-order valence-electron chi connectivity index (χ2n) is 5.83. The minimum atomic E-state index is -0.676. The van der Waals surface area contributed by atoms with E-state index in [0.29, 0.717) is 11.6 Å². The first-order chi connectivity index (χ1) is 8.11. The van der Waals surface area contributed by atoms with E-state index in [1.165, 1.54) is 32.1 Å². The van der Waals surface area contributed by atoms with Crippen molar-refractivity contribution in [2.24, 2.45) is 0 Å². The summed E-state index contributed by atoms with van der Waals surface area (Å²) in [5, 5.41) is 3.76. The Bertz CT molecular complexity index is 271. The normalized spacial score (nSPS) is 29.1. The van der Waals surface area contributed by atoms with Gasteiger partial charge >= 0.3 is 0 Å². The van der Waals surface area contributed by atoms with E-state index in [1.54, 1.807) is 0 Å². The molecule has 3 nitrogen and oxygen atoms in total. The molecule has 1 heterocycles. The standard InChI is InChI=1S/C13H26N2OS/c1-12(10-17(2)16)15-9-8-14-13(11-15)6-4-3-5-7-13/h12,14H,3-11H2,1-2H3. The van der Waals surface area contributed by atoms with Crippen molar-refractivity contribution in [2.75, 3.05) is 31.6 Å². The van der Waals surface area contributed by atoms with Gasteiger partial charge in [-0.2, -0.15) is 0 Å². The highest BCUT2D eigenvalue weighted by Crippen LogP contribution is 2.31. The predicted molar refractivity (Wildman–Crippen MR) is 73.8 cm³/mol. The average Bonchev–Trinajstić information content (AvgIpc) is 2.29. The molecule has 0 radical (unpaired) electrons. The second kappa shape index (κ2) is 5.81. The smallest absolute Gasteiger partial charge is 0.0385 e. The molecule has 2 aliphatic rings. The number of hydrogen-bond acceptors (Lipinski definition) is 3. The lowest BCUT2D eigenvalue weighted by molar-refractivity contribution is 0.0796. The van der Waals surface area contributed by atoms with Gasteiger partial charge in [0.05, 0.1) is 0 Å². The molecule has 1 aliphatic heterocycles. The summed E-state index contributed by atoms with van der Waals surface area (Å²) in [6.07, 6.45) is 8.60. The van der Waals surface area contributed by atoms with Gasteiger partial charge in [-0.05, 0) is 19.8 Å². The maximum Gasteiger partial charge on any atom is 0.0385 e. The number of piperazine rings is 1. The Morgan fingerprint density at radius 3 is 2.71 bits per heavy atom. The maximum absolute atomic E-state index is 11.3. The van der Waals surface area contributed by atoms with Crippen LogP contribution in [0.4, 0.5) is 0 Å². The van der Waals surface area contributed by atoms with Gasteiger partial charge in [0.15, 0.2) is 0 Å². The first kappa shape index (κ1) is 13.5. The second-order valence-corrected chi connectivity index (χ2v) is 7.31. The van der Waals surface area contributed by atoms with Crippen LogP contribution in [0.15, 0.2) is 0 Å². The number of hydrogen-bond donors (Lipinski definition) is 1. The molecule has 1 saturated heterocycles. The highest BCUT2D eigenvalue weighted by Gasteiger charge is 2.37. The summed E-state index contributed by atoms with van der Waals surface area (Å²) in [5.74, 6) is 0.816. The average molecular weight is 258 g/mol. The molecule has 0 aromatic carbocycles. The van der Waals surface area contributed by atoms with Gasteiger partial charge in [-0.25, -0.2) is 0 Å². The zero-order valence-electron chi connectivity index (χ0n) is 11.2. The molecule has 4 heteroatoms. The molecule has 2 rings (SSSR count). The van der Waals surface area contributed by atoms with Crippen molar-refractivity contribution in [3.63, 3.8) is 0 Å². The summed E-state index contributed by atoms with van der Waals surface area (Å²) >= 11 is 0. The molecule has 2 unspecified atom stereocenters. The summed E-state index contributed by atoms with van der Waals surface area (Å²) in [4.78, 5) is 2.54. The molecule has 2 fully saturated rings. The first-order valence-electron chi connectivity index (χ1n) is 6.90. The molecule has 2 atom stereocenters. The third-order valence-corrected chi connectivity index (χ3v) is 5.27. The fourth-order valence-electron chi connectivity index (χ4n) is 3.37. The molecule has 0 aromatic rings. The van der Waals surface area contributed by atoms with E-state index in [4.69, 9.17) is 0 Å². The van der Waals surface area contributed by atoms with Crippen LogP contribution in [0.25, 0.3) is 0 Å². The number of rotatable bonds is 3. The Hall–Kier alpha value is 0.0700. The summed E-state index contributed by atoms with van der Waals surface area (Å²) < 4.78 is 11.3. The summed E-state index contributed by atoms with van der Waals surface area (Å²) in [7, 11) is -0.676. The third-order valence-electron chi connectivity index (χ3n) is 4.31. The van der Waals surface area contributed by atoms with Gasteiger partial charge in [0.2, 0.25) is 0 Å². The maximum atomic E-state index is 11.3. The largest absolute Gasteiger partial charge is 0.309 e. The van der Waals surface area contributed by atoms with Crippen molar-refractivity contribution >= 4 is 10.8 Å². The summed E-state index contributed by atoms with van der Waals surface area (Å²) in [6, 6.07) is 0.460. The molecule has 17 heavy (non-hydrogen) atoms. The van der Waals surface area contributed by atoms with Gasteiger partial charge in [0.25, 0.3) is 0 Å². The number of nitrogens with one attached hydrogen (secondary N) is 1. The van der Waals surface area contributed by atoms with Gasteiger partial charge in [0.1, 0.15) is 0 Å². The Morgan fingerprint density at radius 1 is 1.35 bits per heavy atom. The lowest BCUT2D eigenvalue weighted by Gasteiger charge is -2.47.